The van der Waals surface area contributed by atoms with E-state index in [9.17, 15) is 0 Å². The van der Waals surface area contributed by atoms with E-state index in [0.717, 1.165) is 19.5 Å². The molecule has 0 unspecified atom stereocenters. The molecule has 3 aromatic rings. The molecule has 0 saturated heterocycles. The summed E-state index contributed by atoms with van der Waals surface area (Å²) in [6.45, 7) is 4.38. The van der Waals surface area contributed by atoms with Crippen molar-refractivity contribution >= 4 is 10.9 Å². The van der Waals surface area contributed by atoms with Gasteiger partial charge in [0, 0.05) is 55.6 Å². The molecule has 0 bridgehead atoms. The van der Waals surface area contributed by atoms with E-state index in [0.29, 0.717) is 0 Å². The monoisotopic (exact) mass is 291 g/mol. The molecule has 3 heteroatoms. The van der Waals surface area contributed by atoms with Gasteiger partial charge in [0.25, 0.3) is 0 Å². The Bertz CT molecular complexity index is 846. The van der Waals surface area contributed by atoms with Crippen LogP contribution in [-0.2, 0) is 20.0 Å². The second-order valence-electron chi connectivity index (χ2n) is 6.42. The first-order valence-corrected chi connectivity index (χ1v) is 7.85. The number of hydrogen-bond donors (Lipinski definition) is 0. The fraction of sp³-hybridized carbons (Fsp3) is 0.316. The van der Waals surface area contributed by atoms with Crippen molar-refractivity contribution in [2.75, 3.05) is 13.6 Å². The molecule has 0 saturated carbocycles. The molecule has 4 rings (SSSR count). The fourth-order valence-electron chi connectivity index (χ4n) is 3.76. The zero-order valence-corrected chi connectivity index (χ0v) is 13.4. The van der Waals surface area contributed by atoms with E-state index in [1.807, 2.05) is 12.4 Å². The molecule has 0 aliphatic carbocycles. The lowest BCUT2D eigenvalue weighted by Crippen LogP contribution is -2.26. The summed E-state index contributed by atoms with van der Waals surface area (Å²) < 4.78 is 2.41. The number of fused-ring (bicyclic) bond motifs is 3. The number of aryl methyl sites for hydroxylation is 2. The zero-order chi connectivity index (χ0) is 15.3. The first-order valence-electron chi connectivity index (χ1n) is 7.85. The molecule has 22 heavy (non-hydrogen) atoms. The maximum atomic E-state index is 4.16. The number of likely N-dealkylation sites (N-methyl/N-ethyl adjacent to an activating group) is 1. The Hall–Kier alpha value is -2.13. The van der Waals surface area contributed by atoms with Gasteiger partial charge in [0.2, 0.25) is 0 Å². The molecule has 0 atom stereocenters. The van der Waals surface area contributed by atoms with Gasteiger partial charge in [-0.05, 0) is 54.9 Å². The van der Waals surface area contributed by atoms with Crippen LogP contribution in [0.25, 0.3) is 22.0 Å². The molecule has 0 radical (unpaired) electrons. The minimum atomic E-state index is 1.05. The highest BCUT2D eigenvalue weighted by molar-refractivity contribution is 5.98. The Morgan fingerprint density at radius 1 is 1.09 bits per heavy atom. The second-order valence-corrected chi connectivity index (χ2v) is 6.42. The van der Waals surface area contributed by atoms with Gasteiger partial charge in [-0.1, -0.05) is 0 Å². The second kappa shape index (κ2) is 4.96. The Morgan fingerprint density at radius 3 is 2.64 bits per heavy atom. The Balaban J connectivity index is 2.07. The summed E-state index contributed by atoms with van der Waals surface area (Å²) in [5, 5.41) is 1.41. The Kier molecular flexibility index (Phi) is 3.05. The number of hydrogen-bond acceptors (Lipinski definition) is 2. The van der Waals surface area contributed by atoms with E-state index in [4.69, 9.17) is 0 Å². The van der Waals surface area contributed by atoms with Gasteiger partial charge in [0.1, 0.15) is 0 Å². The molecule has 0 spiro atoms. The maximum Gasteiger partial charge on any atom is 0.0563 e. The van der Waals surface area contributed by atoms with Crippen molar-refractivity contribution in [3.8, 4) is 11.1 Å². The maximum absolute atomic E-state index is 4.16. The number of aromatic nitrogens is 2. The van der Waals surface area contributed by atoms with E-state index in [2.05, 4.69) is 59.7 Å². The van der Waals surface area contributed by atoms with Crippen LogP contribution in [0.1, 0.15) is 16.8 Å². The molecule has 1 aliphatic heterocycles. The van der Waals surface area contributed by atoms with Crippen molar-refractivity contribution in [3.63, 3.8) is 0 Å². The summed E-state index contributed by atoms with van der Waals surface area (Å²) in [4.78, 5) is 6.57. The number of rotatable bonds is 1. The normalized spacial score (nSPS) is 15.2. The van der Waals surface area contributed by atoms with Gasteiger partial charge >= 0.3 is 0 Å². The predicted octanol–water partition coefficient (Wildman–Crippen LogP) is 3.54. The summed E-state index contributed by atoms with van der Waals surface area (Å²) in [6.07, 6.45) is 4.88. The Labute approximate surface area is 131 Å². The van der Waals surface area contributed by atoms with E-state index < -0.39 is 0 Å². The standard InChI is InChI=1S/C19H21N3/c1-13-10-15(14-4-7-20-8-5-14)19-16(11-13)17-12-21(2)9-6-18(17)22(19)3/h4-5,7-8,10-11H,6,9,12H2,1-3H3. The van der Waals surface area contributed by atoms with Gasteiger partial charge in [-0.3, -0.25) is 4.98 Å². The Morgan fingerprint density at radius 2 is 1.86 bits per heavy atom. The van der Waals surface area contributed by atoms with E-state index in [1.165, 1.54) is 38.9 Å². The van der Waals surface area contributed by atoms with E-state index >= 15 is 0 Å². The van der Waals surface area contributed by atoms with Gasteiger partial charge in [0.05, 0.1) is 5.52 Å². The van der Waals surface area contributed by atoms with Crippen molar-refractivity contribution in [2.24, 2.45) is 7.05 Å². The summed E-state index contributed by atoms with van der Waals surface area (Å²) in [6, 6.07) is 8.85. The smallest absolute Gasteiger partial charge is 0.0563 e. The van der Waals surface area contributed by atoms with Crippen LogP contribution in [-0.4, -0.2) is 28.0 Å². The van der Waals surface area contributed by atoms with Gasteiger partial charge in [-0.15, -0.1) is 0 Å². The van der Waals surface area contributed by atoms with Crippen molar-refractivity contribution < 1.29 is 0 Å². The van der Waals surface area contributed by atoms with Gasteiger partial charge in [-0.2, -0.15) is 0 Å². The molecular formula is C19H21N3. The van der Waals surface area contributed by atoms with Crippen LogP contribution in [0.4, 0.5) is 0 Å². The van der Waals surface area contributed by atoms with Gasteiger partial charge in [0.15, 0.2) is 0 Å². The van der Waals surface area contributed by atoms with E-state index in [-0.39, 0.29) is 0 Å². The van der Waals surface area contributed by atoms with Crippen LogP contribution in [0.5, 0.6) is 0 Å². The quantitative estimate of drug-likeness (QED) is 0.684. The number of nitrogens with zero attached hydrogens (tertiary/aromatic N) is 3. The topological polar surface area (TPSA) is 21.1 Å². The average molecular weight is 291 g/mol. The van der Waals surface area contributed by atoms with Crippen LogP contribution in [0.3, 0.4) is 0 Å². The highest BCUT2D eigenvalue weighted by atomic mass is 15.1. The van der Waals surface area contributed by atoms with Crippen molar-refractivity contribution in [3.05, 3.63) is 53.5 Å². The lowest BCUT2D eigenvalue weighted by molar-refractivity contribution is 0.310. The molecule has 0 amide bonds. The molecule has 0 fully saturated rings. The van der Waals surface area contributed by atoms with Crippen molar-refractivity contribution in [1.82, 2.24) is 14.5 Å². The lowest BCUT2D eigenvalue weighted by atomic mass is 9.98. The first-order chi connectivity index (χ1) is 10.6. The molecule has 3 heterocycles. The van der Waals surface area contributed by atoms with E-state index in [1.54, 1.807) is 0 Å². The highest BCUT2D eigenvalue weighted by Crippen LogP contribution is 2.36. The third-order valence-corrected chi connectivity index (χ3v) is 4.82. The van der Waals surface area contributed by atoms with Crippen LogP contribution in [0, 0.1) is 6.92 Å². The molecule has 1 aliphatic rings. The van der Waals surface area contributed by atoms with Crippen LogP contribution < -0.4 is 0 Å². The summed E-state index contributed by atoms with van der Waals surface area (Å²) in [7, 11) is 4.42. The fourth-order valence-corrected chi connectivity index (χ4v) is 3.76. The minimum Gasteiger partial charge on any atom is -0.347 e. The van der Waals surface area contributed by atoms with Crippen LogP contribution >= 0.6 is 0 Å². The van der Waals surface area contributed by atoms with Crippen molar-refractivity contribution in [1.29, 1.82) is 0 Å². The third-order valence-electron chi connectivity index (χ3n) is 4.82. The molecule has 3 nitrogen and oxygen atoms in total. The first kappa shape index (κ1) is 13.5. The molecule has 0 N–H and O–H groups in total. The third kappa shape index (κ3) is 1.97. The summed E-state index contributed by atoms with van der Waals surface area (Å²) >= 11 is 0. The summed E-state index contributed by atoms with van der Waals surface area (Å²) in [5.74, 6) is 0. The van der Waals surface area contributed by atoms with Crippen LogP contribution in [0.15, 0.2) is 36.7 Å². The predicted molar refractivity (Wildman–Crippen MR) is 90.9 cm³/mol. The molecule has 1 aromatic carbocycles. The lowest BCUT2D eigenvalue weighted by Gasteiger charge is -2.23. The number of pyridine rings is 1. The van der Waals surface area contributed by atoms with Gasteiger partial charge in [-0.25, -0.2) is 0 Å². The van der Waals surface area contributed by atoms with Crippen molar-refractivity contribution in [2.45, 2.75) is 19.9 Å². The molecule has 2 aromatic heterocycles. The zero-order valence-electron chi connectivity index (χ0n) is 13.4. The minimum absolute atomic E-state index is 1.05. The average Bonchev–Trinajstić information content (AvgIpc) is 2.80. The summed E-state index contributed by atoms with van der Waals surface area (Å²) in [5.41, 5.74) is 8.24. The largest absolute Gasteiger partial charge is 0.347 e. The molecule has 112 valence electrons. The molecular weight excluding hydrogens is 270 g/mol. The SMILES string of the molecule is Cc1cc(-c2ccncc2)c2c(c1)c1c(n2C)CCN(C)C1. The van der Waals surface area contributed by atoms with Crippen LogP contribution in [0.2, 0.25) is 0 Å². The highest BCUT2D eigenvalue weighted by Gasteiger charge is 2.22. The number of benzene rings is 1. The van der Waals surface area contributed by atoms with Gasteiger partial charge < -0.3 is 9.47 Å².